The first kappa shape index (κ1) is 23.9. The van der Waals surface area contributed by atoms with Gasteiger partial charge in [0.25, 0.3) is 15.9 Å². The van der Waals surface area contributed by atoms with E-state index in [9.17, 15) is 13.2 Å². The minimum atomic E-state index is -4.02. The molecule has 0 fully saturated rings. The number of fused-ring (bicyclic) bond motifs is 1. The maximum Gasteiger partial charge on any atom is 0.263 e. The standard InChI is InChI=1S/C25H25ClN2O5S/c1-15-4-5-16(2)21(12-15)28-34(30,31)24-14-19(6-8-20(24)26)25(29)27-17(3)18-7-9-22-23(13-18)33-11-10-32-22/h4-9,12-14,17,28H,10-11H2,1-3H3,(H,27,29)/t17-/m0/s1. The van der Waals surface area contributed by atoms with E-state index in [-0.39, 0.29) is 21.5 Å². The molecule has 4 rings (SSSR count). The van der Waals surface area contributed by atoms with Crippen LogP contribution in [0.2, 0.25) is 5.02 Å². The van der Waals surface area contributed by atoms with Crippen molar-refractivity contribution in [2.75, 3.05) is 17.9 Å². The number of sulfonamides is 1. The second-order valence-electron chi connectivity index (χ2n) is 8.17. The summed E-state index contributed by atoms with van der Waals surface area (Å²) in [4.78, 5) is 12.8. The van der Waals surface area contributed by atoms with Gasteiger partial charge in [-0.25, -0.2) is 8.42 Å². The quantitative estimate of drug-likeness (QED) is 0.495. The van der Waals surface area contributed by atoms with E-state index in [4.69, 9.17) is 21.1 Å². The summed E-state index contributed by atoms with van der Waals surface area (Å²) in [6, 6.07) is 14.8. The Hall–Kier alpha value is -3.23. The van der Waals surface area contributed by atoms with Gasteiger partial charge < -0.3 is 14.8 Å². The molecule has 0 radical (unpaired) electrons. The van der Waals surface area contributed by atoms with Crippen LogP contribution in [0.25, 0.3) is 0 Å². The second-order valence-corrected chi connectivity index (χ2v) is 10.2. The van der Waals surface area contributed by atoms with Crippen LogP contribution in [0.4, 0.5) is 5.69 Å². The van der Waals surface area contributed by atoms with Crippen molar-refractivity contribution in [3.8, 4) is 11.5 Å². The smallest absolute Gasteiger partial charge is 0.263 e. The van der Waals surface area contributed by atoms with Crippen LogP contribution in [0.1, 0.15) is 40.0 Å². The fourth-order valence-electron chi connectivity index (χ4n) is 3.59. The summed E-state index contributed by atoms with van der Waals surface area (Å²) in [6.07, 6.45) is 0. The molecule has 0 saturated carbocycles. The lowest BCUT2D eigenvalue weighted by molar-refractivity contribution is 0.0939. The lowest BCUT2D eigenvalue weighted by atomic mass is 10.1. The first-order valence-corrected chi connectivity index (χ1v) is 12.6. The van der Waals surface area contributed by atoms with Gasteiger partial charge >= 0.3 is 0 Å². The van der Waals surface area contributed by atoms with E-state index >= 15 is 0 Å². The molecule has 7 nitrogen and oxygen atoms in total. The van der Waals surface area contributed by atoms with Crippen molar-refractivity contribution in [1.29, 1.82) is 0 Å². The number of aryl methyl sites for hydroxylation is 2. The van der Waals surface area contributed by atoms with Crippen molar-refractivity contribution in [2.24, 2.45) is 0 Å². The number of hydrogen-bond donors (Lipinski definition) is 2. The number of nitrogens with one attached hydrogen (secondary N) is 2. The largest absolute Gasteiger partial charge is 0.486 e. The van der Waals surface area contributed by atoms with Crippen LogP contribution >= 0.6 is 11.6 Å². The maximum atomic E-state index is 13.1. The molecule has 0 unspecified atom stereocenters. The Morgan fingerprint density at radius 1 is 0.971 bits per heavy atom. The highest BCUT2D eigenvalue weighted by atomic mass is 35.5. The highest BCUT2D eigenvalue weighted by Gasteiger charge is 2.22. The summed E-state index contributed by atoms with van der Waals surface area (Å²) >= 11 is 6.22. The summed E-state index contributed by atoms with van der Waals surface area (Å²) in [6.45, 7) is 6.48. The molecule has 1 aliphatic heterocycles. The normalized spacial score (nSPS) is 13.8. The van der Waals surface area contributed by atoms with Gasteiger partial charge in [0.05, 0.1) is 16.8 Å². The Morgan fingerprint density at radius 3 is 2.47 bits per heavy atom. The van der Waals surface area contributed by atoms with Crippen LogP contribution in [-0.4, -0.2) is 27.5 Å². The predicted molar refractivity (Wildman–Crippen MR) is 131 cm³/mol. The number of anilines is 1. The second kappa shape index (κ2) is 9.56. The molecular weight excluding hydrogens is 476 g/mol. The molecule has 0 aliphatic carbocycles. The minimum Gasteiger partial charge on any atom is -0.486 e. The molecule has 3 aromatic rings. The molecule has 1 amide bonds. The van der Waals surface area contributed by atoms with Gasteiger partial charge in [0.1, 0.15) is 18.1 Å². The minimum absolute atomic E-state index is 0.0224. The Morgan fingerprint density at radius 2 is 1.71 bits per heavy atom. The number of halogens is 1. The molecule has 1 atom stereocenters. The lowest BCUT2D eigenvalue weighted by Crippen LogP contribution is -2.27. The highest BCUT2D eigenvalue weighted by molar-refractivity contribution is 7.92. The summed E-state index contributed by atoms with van der Waals surface area (Å²) in [5.41, 5.74) is 3.15. The number of hydrogen-bond acceptors (Lipinski definition) is 5. The summed E-state index contributed by atoms with van der Waals surface area (Å²) < 4.78 is 39.9. The fraction of sp³-hybridized carbons (Fsp3) is 0.240. The molecule has 178 valence electrons. The van der Waals surface area contributed by atoms with Crippen molar-refractivity contribution >= 4 is 33.2 Å². The van der Waals surface area contributed by atoms with E-state index in [1.54, 1.807) is 12.1 Å². The molecule has 1 heterocycles. The molecule has 34 heavy (non-hydrogen) atoms. The molecule has 2 N–H and O–H groups in total. The van der Waals surface area contributed by atoms with Gasteiger partial charge in [-0.1, -0.05) is 29.8 Å². The Bertz CT molecular complexity index is 1360. The van der Waals surface area contributed by atoms with Gasteiger partial charge in [0, 0.05) is 5.56 Å². The first-order valence-electron chi connectivity index (χ1n) is 10.7. The van der Waals surface area contributed by atoms with E-state index in [0.29, 0.717) is 30.4 Å². The fourth-order valence-corrected chi connectivity index (χ4v) is 5.24. The third kappa shape index (κ3) is 5.13. The average molecular weight is 501 g/mol. The zero-order valence-electron chi connectivity index (χ0n) is 19.0. The third-order valence-corrected chi connectivity index (χ3v) is 7.38. The van der Waals surface area contributed by atoms with Crippen molar-refractivity contribution in [2.45, 2.75) is 31.7 Å². The molecule has 0 saturated heterocycles. The Labute approximate surface area is 204 Å². The SMILES string of the molecule is Cc1ccc(C)c(NS(=O)(=O)c2cc(C(=O)N[C@@H](C)c3ccc4c(c3)OCCO4)ccc2Cl)c1. The van der Waals surface area contributed by atoms with Crippen LogP contribution in [0.15, 0.2) is 59.5 Å². The number of benzene rings is 3. The van der Waals surface area contributed by atoms with Crippen LogP contribution in [0.5, 0.6) is 11.5 Å². The van der Waals surface area contributed by atoms with E-state index in [1.165, 1.54) is 18.2 Å². The molecular formula is C25H25ClN2O5S. The monoisotopic (exact) mass is 500 g/mol. The number of ether oxygens (including phenoxy) is 2. The predicted octanol–water partition coefficient (Wildman–Crippen LogP) is 5.02. The van der Waals surface area contributed by atoms with Gasteiger partial charge in [-0.2, -0.15) is 0 Å². The average Bonchev–Trinajstić information content (AvgIpc) is 2.81. The van der Waals surface area contributed by atoms with E-state index in [0.717, 1.165) is 16.7 Å². The number of carbonyl (C=O) groups excluding carboxylic acids is 1. The van der Waals surface area contributed by atoms with E-state index in [2.05, 4.69) is 10.0 Å². The molecule has 0 bridgehead atoms. The van der Waals surface area contributed by atoms with Gasteiger partial charge in [-0.3, -0.25) is 9.52 Å². The highest BCUT2D eigenvalue weighted by Crippen LogP contribution is 2.33. The van der Waals surface area contributed by atoms with Crippen LogP contribution < -0.4 is 19.5 Å². The maximum absolute atomic E-state index is 13.1. The van der Waals surface area contributed by atoms with Crippen molar-refractivity contribution in [3.63, 3.8) is 0 Å². The topological polar surface area (TPSA) is 93.7 Å². The van der Waals surface area contributed by atoms with Gasteiger partial charge in [-0.15, -0.1) is 0 Å². The van der Waals surface area contributed by atoms with Crippen molar-refractivity contribution < 1.29 is 22.7 Å². The zero-order valence-corrected chi connectivity index (χ0v) is 20.6. The van der Waals surface area contributed by atoms with Crippen molar-refractivity contribution in [3.05, 3.63) is 81.9 Å². The summed E-state index contributed by atoms with van der Waals surface area (Å²) in [5.74, 6) is 0.863. The summed E-state index contributed by atoms with van der Waals surface area (Å²) in [5, 5.41) is 2.91. The van der Waals surface area contributed by atoms with E-state index in [1.807, 2.05) is 45.0 Å². The van der Waals surface area contributed by atoms with Gasteiger partial charge in [-0.05, 0) is 73.9 Å². The van der Waals surface area contributed by atoms with Gasteiger partial charge in [0.15, 0.2) is 11.5 Å². The van der Waals surface area contributed by atoms with E-state index < -0.39 is 15.9 Å². The third-order valence-electron chi connectivity index (χ3n) is 5.53. The molecule has 1 aliphatic rings. The summed E-state index contributed by atoms with van der Waals surface area (Å²) in [7, 11) is -4.02. The number of amides is 1. The molecule has 0 aromatic heterocycles. The molecule has 0 spiro atoms. The Kier molecular flexibility index (Phi) is 6.72. The van der Waals surface area contributed by atoms with Crippen molar-refractivity contribution in [1.82, 2.24) is 5.32 Å². The lowest BCUT2D eigenvalue weighted by Gasteiger charge is -2.21. The number of rotatable bonds is 6. The van der Waals surface area contributed by atoms with Crippen LogP contribution in [0.3, 0.4) is 0 Å². The molecule has 3 aromatic carbocycles. The molecule has 9 heteroatoms. The number of carbonyl (C=O) groups is 1. The zero-order chi connectivity index (χ0) is 24.5. The Balaban J connectivity index is 1.55. The van der Waals surface area contributed by atoms with Gasteiger partial charge in [0.2, 0.25) is 0 Å². The van der Waals surface area contributed by atoms with Crippen LogP contribution in [-0.2, 0) is 10.0 Å². The van der Waals surface area contributed by atoms with Crippen LogP contribution in [0, 0.1) is 13.8 Å². The first-order chi connectivity index (χ1) is 16.1.